The van der Waals surface area contributed by atoms with Crippen LogP contribution >= 0.6 is 11.3 Å². The third kappa shape index (κ3) is 2.47. The average molecular weight is 260 g/mol. The Morgan fingerprint density at radius 2 is 1.94 bits per heavy atom. The summed E-state index contributed by atoms with van der Waals surface area (Å²) in [5, 5.41) is 4.41. The van der Waals surface area contributed by atoms with Crippen LogP contribution in [0, 0.1) is 20.8 Å². The Bertz CT molecular complexity index is 558. The van der Waals surface area contributed by atoms with E-state index in [0.29, 0.717) is 6.04 Å². The molecule has 1 atom stereocenters. The third-order valence-electron chi connectivity index (χ3n) is 3.28. The molecule has 2 nitrogen and oxygen atoms in total. The summed E-state index contributed by atoms with van der Waals surface area (Å²) < 4.78 is 0. The van der Waals surface area contributed by atoms with E-state index >= 15 is 0 Å². The molecule has 0 aliphatic rings. The average Bonchev–Trinajstić information content (AvgIpc) is 2.73. The number of nitrogens with one attached hydrogen (secondary N) is 1. The van der Waals surface area contributed by atoms with Crippen molar-refractivity contribution in [3.8, 4) is 10.6 Å². The first-order chi connectivity index (χ1) is 8.52. The molecular formula is C15H20N2S. The van der Waals surface area contributed by atoms with Gasteiger partial charge in [-0.3, -0.25) is 0 Å². The molecule has 96 valence electrons. The van der Waals surface area contributed by atoms with Gasteiger partial charge in [-0.25, -0.2) is 4.98 Å². The Morgan fingerprint density at radius 3 is 2.61 bits per heavy atom. The first-order valence-electron chi connectivity index (χ1n) is 6.25. The minimum Gasteiger partial charge on any atom is -0.312 e. The van der Waals surface area contributed by atoms with Gasteiger partial charge in [0.1, 0.15) is 5.01 Å². The van der Waals surface area contributed by atoms with E-state index < -0.39 is 0 Å². The Morgan fingerprint density at radius 1 is 1.22 bits per heavy atom. The molecule has 0 spiro atoms. The van der Waals surface area contributed by atoms with E-state index in [-0.39, 0.29) is 0 Å². The second-order valence-corrected chi connectivity index (χ2v) is 5.83. The molecule has 0 aliphatic carbocycles. The van der Waals surface area contributed by atoms with Crippen LogP contribution in [0.5, 0.6) is 0 Å². The van der Waals surface area contributed by atoms with Crippen molar-refractivity contribution < 1.29 is 0 Å². The number of benzene rings is 1. The maximum Gasteiger partial charge on any atom is 0.124 e. The molecule has 0 bridgehead atoms. The molecule has 2 aromatic rings. The summed E-state index contributed by atoms with van der Waals surface area (Å²) >= 11 is 1.79. The summed E-state index contributed by atoms with van der Waals surface area (Å²) in [5.74, 6) is 0. The van der Waals surface area contributed by atoms with Crippen LogP contribution in [0.25, 0.3) is 10.6 Å². The zero-order chi connectivity index (χ0) is 13.3. The lowest BCUT2D eigenvalue weighted by atomic mass is 10.1. The Labute approximate surface area is 113 Å². The lowest BCUT2D eigenvalue weighted by Crippen LogP contribution is -2.11. The standard InChI is InChI=1S/C15H20N2S/c1-9-6-7-10(2)13(8-9)15-17-12(4)14(18-15)11(3)16-5/h6-8,11,16H,1-5H3. The summed E-state index contributed by atoms with van der Waals surface area (Å²) in [6, 6.07) is 6.90. The Kier molecular flexibility index (Phi) is 3.83. The molecule has 3 heteroatoms. The van der Waals surface area contributed by atoms with Crippen LogP contribution in [0.15, 0.2) is 18.2 Å². The SMILES string of the molecule is CNC(C)c1sc(-c2cc(C)ccc2C)nc1C. The van der Waals surface area contributed by atoms with E-state index in [1.165, 1.54) is 21.6 Å². The molecule has 1 unspecified atom stereocenters. The molecule has 1 N–H and O–H groups in total. The quantitative estimate of drug-likeness (QED) is 0.901. The van der Waals surface area contributed by atoms with Crippen molar-refractivity contribution in [2.75, 3.05) is 7.05 Å². The fourth-order valence-corrected chi connectivity index (χ4v) is 3.23. The number of hydrogen-bond donors (Lipinski definition) is 1. The molecule has 1 aromatic carbocycles. The number of hydrogen-bond acceptors (Lipinski definition) is 3. The summed E-state index contributed by atoms with van der Waals surface area (Å²) in [4.78, 5) is 6.06. The van der Waals surface area contributed by atoms with Gasteiger partial charge in [-0.2, -0.15) is 0 Å². The van der Waals surface area contributed by atoms with Gasteiger partial charge in [0, 0.05) is 16.5 Å². The smallest absolute Gasteiger partial charge is 0.124 e. The van der Waals surface area contributed by atoms with Crippen molar-refractivity contribution in [1.29, 1.82) is 0 Å². The second kappa shape index (κ2) is 5.21. The number of thiazole rings is 1. The summed E-state index contributed by atoms with van der Waals surface area (Å²) in [6.07, 6.45) is 0. The van der Waals surface area contributed by atoms with Crippen LogP contribution in [0.3, 0.4) is 0 Å². The second-order valence-electron chi connectivity index (χ2n) is 4.80. The number of aromatic nitrogens is 1. The lowest BCUT2D eigenvalue weighted by Gasteiger charge is -2.07. The van der Waals surface area contributed by atoms with Gasteiger partial charge >= 0.3 is 0 Å². The normalized spacial score (nSPS) is 12.7. The van der Waals surface area contributed by atoms with Crippen LogP contribution in [0.1, 0.15) is 34.7 Å². The minimum atomic E-state index is 0.362. The molecule has 0 fully saturated rings. The van der Waals surface area contributed by atoms with E-state index in [4.69, 9.17) is 4.98 Å². The van der Waals surface area contributed by atoms with Gasteiger partial charge < -0.3 is 5.32 Å². The van der Waals surface area contributed by atoms with Gasteiger partial charge in [0.05, 0.1) is 5.69 Å². The van der Waals surface area contributed by atoms with Gasteiger partial charge in [0.15, 0.2) is 0 Å². The van der Waals surface area contributed by atoms with Crippen molar-refractivity contribution >= 4 is 11.3 Å². The first-order valence-corrected chi connectivity index (χ1v) is 7.06. The summed E-state index contributed by atoms with van der Waals surface area (Å²) in [7, 11) is 1.99. The fourth-order valence-electron chi connectivity index (χ4n) is 2.02. The monoisotopic (exact) mass is 260 g/mol. The van der Waals surface area contributed by atoms with Crippen molar-refractivity contribution in [1.82, 2.24) is 10.3 Å². The van der Waals surface area contributed by atoms with E-state index in [1.54, 1.807) is 11.3 Å². The van der Waals surface area contributed by atoms with Crippen LogP contribution < -0.4 is 5.32 Å². The highest BCUT2D eigenvalue weighted by atomic mass is 32.1. The number of rotatable bonds is 3. The molecule has 18 heavy (non-hydrogen) atoms. The van der Waals surface area contributed by atoms with Crippen molar-refractivity contribution in [2.24, 2.45) is 0 Å². The van der Waals surface area contributed by atoms with E-state index in [1.807, 2.05) is 7.05 Å². The molecule has 1 aromatic heterocycles. The van der Waals surface area contributed by atoms with E-state index in [9.17, 15) is 0 Å². The lowest BCUT2D eigenvalue weighted by molar-refractivity contribution is 0.658. The minimum absolute atomic E-state index is 0.362. The van der Waals surface area contributed by atoms with E-state index in [0.717, 1.165) is 10.7 Å². The fraction of sp³-hybridized carbons (Fsp3) is 0.400. The molecule has 0 radical (unpaired) electrons. The van der Waals surface area contributed by atoms with Crippen LogP contribution in [-0.2, 0) is 0 Å². The van der Waals surface area contributed by atoms with Gasteiger partial charge in [0.2, 0.25) is 0 Å². The van der Waals surface area contributed by atoms with Crippen molar-refractivity contribution in [3.05, 3.63) is 39.9 Å². The van der Waals surface area contributed by atoms with Crippen LogP contribution in [-0.4, -0.2) is 12.0 Å². The largest absolute Gasteiger partial charge is 0.312 e. The number of nitrogens with zero attached hydrogens (tertiary/aromatic N) is 1. The van der Waals surface area contributed by atoms with Gasteiger partial charge in [-0.15, -0.1) is 11.3 Å². The third-order valence-corrected chi connectivity index (χ3v) is 4.66. The highest BCUT2D eigenvalue weighted by Gasteiger charge is 2.15. The summed E-state index contributed by atoms with van der Waals surface area (Å²) in [6.45, 7) is 8.54. The predicted octanol–water partition coefficient (Wildman–Crippen LogP) is 4.02. The van der Waals surface area contributed by atoms with Gasteiger partial charge in [-0.05, 0) is 46.4 Å². The van der Waals surface area contributed by atoms with Crippen LogP contribution in [0.2, 0.25) is 0 Å². The molecule has 0 amide bonds. The highest BCUT2D eigenvalue weighted by molar-refractivity contribution is 7.15. The maximum atomic E-state index is 4.73. The van der Waals surface area contributed by atoms with Gasteiger partial charge in [-0.1, -0.05) is 17.7 Å². The zero-order valence-corrected chi connectivity index (χ0v) is 12.5. The Balaban J connectivity index is 2.49. The predicted molar refractivity (Wildman–Crippen MR) is 79.2 cm³/mol. The molecule has 0 saturated heterocycles. The molecular weight excluding hydrogens is 240 g/mol. The van der Waals surface area contributed by atoms with Gasteiger partial charge in [0.25, 0.3) is 0 Å². The maximum absolute atomic E-state index is 4.73. The van der Waals surface area contributed by atoms with Crippen molar-refractivity contribution in [3.63, 3.8) is 0 Å². The molecule has 0 aliphatic heterocycles. The van der Waals surface area contributed by atoms with E-state index in [2.05, 4.69) is 51.2 Å². The summed E-state index contributed by atoms with van der Waals surface area (Å²) in [5.41, 5.74) is 4.97. The molecule has 0 saturated carbocycles. The highest BCUT2D eigenvalue weighted by Crippen LogP contribution is 2.33. The van der Waals surface area contributed by atoms with Crippen LogP contribution in [0.4, 0.5) is 0 Å². The Hall–Kier alpha value is -1.19. The molecule has 2 rings (SSSR count). The number of aryl methyl sites for hydroxylation is 3. The first kappa shape index (κ1) is 13.2. The molecule has 1 heterocycles. The zero-order valence-electron chi connectivity index (χ0n) is 11.7. The van der Waals surface area contributed by atoms with Crippen molar-refractivity contribution in [2.45, 2.75) is 33.7 Å². The topological polar surface area (TPSA) is 24.9 Å².